The molecule has 7 rings (SSSR count). The first-order valence-corrected chi connectivity index (χ1v) is 16.0. The fourth-order valence-corrected chi connectivity index (χ4v) is 6.79. The molecule has 2 N–H and O–H groups in total. The SMILES string of the molecule is C[C@@H]1[C@H](NC(=O)c2ccc(C3CC3)cc2)CCCN1c1cncc(Nc2cnn(C3CCN(C(=O)C4(C)COC4)CC3)c2)n1. The molecule has 0 radical (unpaired) electrons. The van der Waals surface area contributed by atoms with Crippen molar-refractivity contribution in [3.63, 3.8) is 0 Å². The second-order valence-corrected chi connectivity index (χ2v) is 13.2. The number of nitrogens with one attached hydrogen (secondary N) is 2. The minimum atomic E-state index is -0.353. The summed E-state index contributed by atoms with van der Waals surface area (Å²) in [6.45, 7) is 7.50. The Balaban J connectivity index is 0.948. The largest absolute Gasteiger partial charge is 0.379 e. The molecule has 2 atom stereocenters. The van der Waals surface area contributed by atoms with Crippen molar-refractivity contribution in [2.45, 2.75) is 76.4 Å². The normalized spacial score (nSPS) is 23.6. The predicted molar refractivity (Wildman–Crippen MR) is 167 cm³/mol. The zero-order valence-electron chi connectivity index (χ0n) is 25.6. The summed E-state index contributed by atoms with van der Waals surface area (Å²) < 4.78 is 7.28. The highest BCUT2D eigenvalue weighted by Gasteiger charge is 2.44. The van der Waals surface area contributed by atoms with E-state index < -0.39 is 0 Å². The molecular weight excluding hydrogens is 556 g/mol. The molecule has 11 nitrogen and oxygen atoms in total. The minimum absolute atomic E-state index is 0.0163. The second-order valence-electron chi connectivity index (χ2n) is 13.2. The van der Waals surface area contributed by atoms with Crippen molar-refractivity contribution in [1.29, 1.82) is 0 Å². The summed E-state index contributed by atoms with van der Waals surface area (Å²) in [5.41, 5.74) is 2.54. The van der Waals surface area contributed by atoms with Gasteiger partial charge in [-0.2, -0.15) is 5.10 Å². The Bertz CT molecular complexity index is 1490. The third-order valence-electron chi connectivity index (χ3n) is 9.80. The first-order chi connectivity index (χ1) is 21.4. The van der Waals surface area contributed by atoms with Crippen molar-refractivity contribution in [2.75, 3.05) is 43.1 Å². The molecule has 5 heterocycles. The zero-order valence-corrected chi connectivity index (χ0v) is 25.6. The summed E-state index contributed by atoms with van der Waals surface area (Å²) in [4.78, 5) is 39.5. The predicted octanol–water partition coefficient (Wildman–Crippen LogP) is 4.28. The molecule has 3 aliphatic heterocycles. The number of amides is 2. The van der Waals surface area contributed by atoms with Crippen LogP contribution in [0.5, 0.6) is 0 Å². The summed E-state index contributed by atoms with van der Waals surface area (Å²) in [5.74, 6) is 2.29. The number of carbonyl (C=O) groups is 2. The molecule has 1 saturated carbocycles. The molecule has 11 heteroatoms. The number of hydrogen-bond acceptors (Lipinski definition) is 8. The van der Waals surface area contributed by atoms with Crippen LogP contribution in [0.25, 0.3) is 0 Å². The lowest BCUT2D eigenvalue weighted by molar-refractivity contribution is -0.170. The summed E-state index contributed by atoms with van der Waals surface area (Å²) in [5, 5.41) is 11.3. The van der Waals surface area contributed by atoms with Crippen molar-refractivity contribution in [3.8, 4) is 0 Å². The summed E-state index contributed by atoms with van der Waals surface area (Å²) in [6.07, 6.45) is 13.5. The molecule has 232 valence electrons. The minimum Gasteiger partial charge on any atom is -0.379 e. The van der Waals surface area contributed by atoms with Gasteiger partial charge in [-0.05, 0) is 76.0 Å². The number of benzene rings is 1. The number of piperidine rings is 2. The van der Waals surface area contributed by atoms with Gasteiger partial charge in [-0.15, -0.1) is 0 Å². The molecule has 2 aromatic heterocycles. The Labute approximate surface area is 258 Å². The van der Waals surface area contributed by atoms with Crippen molar-refractivity contribution in [1.82, 2.24) is 30.0 Å². The van der Waals surface area contributed by atoms with Gasteiger partial charge in [0, 0.05) is 43.5 Å². The van der Waals surface area contributed by atoms with Crippen molar-refractivity contribution in [3.05, 3.63) is 60.2 Å². The van der Waals surface area contributed by atoms with Crippen LogP contribution in [0.1, 0.15) is 80.3 Å². The van der Waals surface area contributed by atoms with Gasteiger partial charge in [-0.1, -0.05) is 12.1 Å². The molecule has 0 spiro atoms. The third kappa shape index (κ3) is 5.89. The van der Waals surface area contributed by atoms with Crippen LogP contribution in [-0.2, 0) is 9.53 Å². The number of likely N-dealkylation sites (tertiary alicyclic amines) is 1. The van der Waals surface area contributed by atoms with Crippen molar-refractivity contribution >= 4 is 29.1 Å². The first-order valence-electron chi connectivity index (χ1n) is 16.0. The Morgan fingerprint density at radius 1 is 0.977 bits per heavy atom. The standard InChI is InChI=1S/C33H42N8O3/c1-22-28(37-31(42)25-9-7-24(8-10-25)23-5-6-23)4-3-13-40(22)30-18-34-17-29(38-30)36-26-16-35-41(19-26)27-11-14-39(15-12-27)32(43)33(2)20-44-21-33/h7-10,16-19,22-23,27-28H,3-6,11-15,20-21H2,1-2H3,(H,36,38)(H,37,42)/t22-,28-/m1/s1. The Morgan fingerprint density at radius 2 is 1.75 bits per heavy atom. The maximum atomic E-state index is 13.1. The van der Waals surface area contributed by atoms with Gasteiger partial charge in [0.1, 0.15) is 5.82 Å². The lowest BCUT2D eigenvalue weighted by atomic mass is 9.86. The molecule has 0 bridgehead atoms. The molecule has 0 unspecified atom stereocenters. The van der Waals surface area contributed by atoms with E-state index in [4.69, 9.17) is 9.72 Å². The topological polar surface area (TPSA) is 118 Å². The lowest BCUT2D eigenvalue weighted by Gasteiger charge is -2.42. The van der Waals surface area contributed by atoms with Gasteiger partial charge in [-0.25, -0.2) is 4.98 Å². The molecule has 1 aliphatic carbocycles. The summed E-state index contributed by atoms with van der Waals surface area (Å²) in [7, 11) is 0. The second kappa shape index (κ2) is 11.8. The highest BCUT2D eigenvalue weighted by atomic mass is 16.5. The molecule has 2 amide bonds. The molecule has 44 heavy (non-hydrogen) atoms. The molecular formula is C33H42N8O3. The van der Waals surface area contributed by atoms with Gasteiger partial charge >= 0.3 is 0 Å². The van der Waals surface area contributed by atoms with E-state index in [9.17, 15) is 9.59 Å². The summed E-state index contributed by atoms with van der Waals surface area (Å²) in [6, 6.07) is 8.43. The van der Waals surface area contributed by atoms with Crippen LogP contribution in [0.15, 0.2) is 49.1 Å². The molecule has 3 saturated heterocycles. The van der Waals surface area contributed by atoms with Gasteiger partial charge in [0.25, 0.3) is 5.91 Å². The van der Waals surface area contributed by atoms with Crippen LogP contribution in [0, 0.1) is 5.41 Å². The highest BCUT2D eigenvalue weighted by Crippen LogP contribution is 2.40. The third-order valence-corrected chi connectivity index (χ3v) is 9.80. The van der Waals surface area contributed by atoms with Crippen LogP contribution in [-0.4, -0.2) is 81.4 Å². The molecule has 4 fully saturated rings. The number of hydrogen-bond donors (Lipinski definition) is 2. The van der Waals surface area contributed by atoms with Gasteiger partial charge in [0.15, 0.2) is 5.82 Å². The number of nitrogens with zero attached hydrogens (tertiary/aromatic N) is 6. The van der Waals surface area contributed by atoms with Crippen molar-refractivity contribution in [2.24, 2.45) is 5.41 Å². The zero-order chi connectivity index (χ0) is 30.3. The average molecular weight is 599 g/mol. The van der Waals surface area contributed by atoms with E-state index in [-0.39, 0.29) is 35.4 Å². The molecule has 3 aromatic rings. The van der Waals surface area contributed by atoms with E-state index >= 15 is 0 Å². The first kappa shape index (κ1) is 28.8. The van der Waals surface area contributed by atoms with E-state index in [1.165, 1.54) is 18.4 Å². The van der Waals surface area contributed by atoms with Crippen LogP contribution in [0.3, 0.4) is 0 Å². The maximum Gasteiger partial charge on any atom is 0.251 e. The van der Waals surface area contributed by atoms with Crippen LogP contribution >= 0.6 is 0 Å². The number of ether oxygens (including phenoxy) is 1. The summed E-state index contributed by atoms with van der Waals surface area (Å²) >= 11 is 0. The van der Waals surface area contributed by atoms with Crippen LogP contribution < -0.4 is 15.5 Å². The smallest absolute Gasteiger partial charge is 0.251 e. The fourth-order valence-electron chi connectivity index (χ4n) is 6.79. The Kier molecular flexibility index (Phi) is 7.74. The number of rotatable bonds is 8. The van der Waals surface area contributed by atoms with E-state index in [0.29, 0.717) is 30.5 Å². The quantitative estimate of drug-likeness (QED) is 0.395. The van der Waals surface area contributed by atoms with Gasteiger partial charge < -0.3 is 25.2 Å². The molecule has 1 aromatic carbocycles. The highest BCUT2D eigenvalue weighted by molar-refractivity contribution is 5.94. The van der Waals surface area contributed by atoms with E-state index in [2.05, 4.69) is 44.7 Å². The van der Waals surface area contributed by atoms with Crippen LogP contribution in [0.2, 0.25) is 0 Å². The lowest BCUT2D eigenvalue weighted by Crippen LogP contribution is -2.55. The molecule has 4 aliphatic rings. The average Bonchev–Trinajstić information content (AvgIpc) is 3.79. The van der Waals surface area contributed by atoms with E-state index in [1.807, 2.05) is 41.0 Å². The maximum absolute atomic E-state index is 13.1. The van der Waals surface area contributed by atoms with Gasteiger partial charge in [0.2, 0.25) is 5.91 Å². The van der Waals surface area contributed by atoms with E-state index in [0.717, 1.165) is 56.8 Å². The Morgan fingerprint density at radius 3 is 2.45 bits per heavy atom. The number of aromatic nitrogens is 4. The fraction of sp³-hybridized carbons (Fsp3) is 0.545. The monoisotopic (exact) mass is 598 g/mol. The van der Waals surface area contributed by atoms with Crippen molar-refractivity contribution < 1.29 is 14.3 Å². The van der Waals surface area contributed by atoms with Crippen LogP contribution in [0.4, 0.5) is 17.3 Å². The van der Waals surface area contributed by atoms with Gasteiger partial charge in [-0.3, -0.25) is 19.3 Å². The van der Waals surface area contributed by atoms with Gasteiger partial charge in [0.05, 0.1) is 48.9 Å². The van der Waals surface area contributed by atoms with E-state index in [1.54, 1.807) is 12.4 Å². The Hall–Kier alpha value is -3.99. The number of carbonyl (C=O) groups excluding carboxylic acids is 2. The number of anilines is 3.